The van der Waals surface area contributed by atoms with Crippen molar-refractivity contribution in [3.63, 3.8) is 0 Å². The third-order valence-electron chi connectivity index (χ3n) is 6.19. The molecule has 1 aromatic heterocycles. The smallest absolute Gasteiger partial charge is 0.414 e. The second-order valence-electron chi connectivity index (χ2n) is 11.1. The zero-order chi connectivity index (χ0) is 30.1. The SMILES string of the molecule is Cc1ccc(OCc2ccccc2)c(Cn2nc(OC(=O)NCc3cccc(CNC(=O)OC(C)(C)C)c3)cc2C)c1. The Bertz CT molecular complexity index is 1510. The van der Waals surface area contributed by atoms with Crippen LogP contribution >= 0.6 is 0 Å². The summed E-state index contributed by atoms with van der Waals surface area (Å²) in [6, 6.07) is 25.3. The summed E-state index contributed by atoms with van der Waals surface area (Å²) in [5.74, 6) is 0.989. The Hall–Kier alpha value is -4.79. The molecule has 0 aliphatic heterocycles. The second kappa shape index (κ2) is 13.7. The van der Waals surface area contributed by atoms with Crippen LogP contribution in [0.3, 0.4) is 0 Å². The molecule has 0 saturated carbocycles. The number of carbonyl (C=O) groups is 2. The highest BCUT2D eigenvalue weighted by Crippen LogP contribution is 2.24. The fourth-order valence-electron chi connectivity index (χ4n) is 4.20. The van der Waals surface area contributed by atoms with Crippen LogP contribution in [0.5, 0.6) is 11.6 Å². The van der Waals surface area contributed by atoms with Crippen molar-refractivity contribution in [2.75, 3.05) is 0 Å². The van der Waals surface area contributed by atoms with E-state index in [-0.39, 0.29) is 12.4 Å². The average Bonchev–Trinajstić information content (AvgIpc) is 3.28. The van der Waals surface area contributed by atoms with E-state index < -0.39 is 17.8 Å². The van der Waals surface area contributed by atoms with Crippen molar-refractivity contribution in [3.8, 4) is 11.6 Å². The van der Waals surface area contributed by atoms with Gasteiger partial charge in [0.05, 0.1) is 6.54 Å². The summed E-state index contributed by atoms with van der Waals surface area (Å²) in [6.07, 6.45) is -1.10. The number of rotatable bonds is 10. The molecule has 2 N–H and O–H groups in total. The molecule has 0 saturated heterocycles. The minimum Gasteiger partial charge on any atom is -0.489 e. The van der Waals surface area contributed by atoms with Gasteiger partial charge in [-0.25, -0.2) is 9.59 Å². The Morgan fingerprint density at radius 3 is 2.17 bits per heavy atom. The number of hydrogen-bond acceptors (Lipinski definition) is 6. The molecule has 0 unspecified atom stereocenters. The zero-order valence-corrected chi connectivity index (χ0v) is 24.8. The van der Waals surface area contributed by atoms with Gasteiger partial charge in [0, 0.05) is 30.4 Å². The quantitative estimate of drug-likeness (QED) is 0.227. The molecule has 0 radical (unpaired) electrons. The fourth-order valence-corrected chi connectivity index (χ4v) is 4.20. The first-order valence-electron chi connectivity index (χ1n) is 13.8. The van der Waals surface area contributed by atoms with Crippen LogP contribution in [0.15, 0.2) is 78.9 Å². The second-order valence-corrected chi connectivity index (χ2v) is 11.1. The van der Waals surface area contributed by atoms with Crippen LogP contribution in [-0.2, 0) is 31.0 Å². The number of hydrogen-bond donors (Lipinski definition) is 2. The van der Waals surface area contributed by atoms with E-state index in [1.807, 2.05) is 101 Å². The highest BCUT2D eigenvalue weighted by molar-refractivity contribution is 5.70. The van der Waals surface area contributed by atoms with Gasteiger partial charge >= 0.3 is 12.2 Å². The predicted molar refractivity (Wildman–Crippen MR) is 160 cm³/mol. The molecule has 9 heteroatoms. The van der Waals surface area contributed by atoms with Gasteiger partial charge in [0.15, 0.2) is 0 Å². The summed E-state index contributed by atoms with van der Waals surface area (Å²) < 4.78 is 18.6. The molecule has 0 fully saturated rings. The van der Waals surface area contributed by atoms with Crippen molar-refractivity contribution in [1.82, 2.24) is 20.4 Å². The molecule has 0 aliphatic rings. The van der Waals surface area contributed by atoms with E-state index in [1.54, 1.807) is 10.7 Å². The Labute approximate surface area is 246 Å². The number of nitrogens with one attached hydrogen (secondary N) is 2. The van der Waals surface area contributed by atoms with Gasteiger partial charge in [0.2, 0.25) is 5.88 Å². The van der Waals surface area contributed by atoms with Crippen molar-refractivity contribution >= 4 is 12.2 Å². The van der Waals surface area contributed by atoms with E-state index in [1.165, 1.54) is 0 Å². The highest BCUT2D eigenvalue weighted by Gasteiger charge is 2.16. The minimum atomic E-state index is -0.612. The van der Waals surface area contributed by atoms with Crippen LogP contribution in [0.25, 0.3) is 0 Å². The van der Waals surface area contributed by atoms with Gasteiger partial charge in [0.25, 0.3) is 0 Å². The molecule has 0 atom stereocenters. The number of ether oxygens (including phenoxy) is 3. The molecule has 42 heavy (non-hydrogen) atoms. The van der Waals surface area contributed by atoms with E-state index in [0.717, 1.165) is 39.3 Å². The third kappa shape index (κ3) is 9.40. The van der Waals surface area contributed by atoms with Crippen LogP contribution in [0.1, 0.15) is 54.3 Å². The summed E-state index contributed by atoms with van der Waals surface area (Å²) in [6.45, 7) is 10.9. The molecule has 0 spiro atoms. The van der Waals surface area contributed by atoms with Gasteiger partial charge in [0.1, 0.15) is 18.0 Å². The molecule has 1 heterocycles. The zero-order valence-electron chi connectivity index (χ0n) is 24.8. The Morgan fingerprint density at radius 1 is 0.810 bits per heavy atom. The van der Waals surface area contributed by atoms with Crippen molar-refractivity contribution in [1.29, 1.82) is 0 Å². The lowest BCUT2D eigenvalue weighted by molar-refractivity contribution is 0.0523. The van der Waals surface area contributed by atoms with Crippen molar-refractivity contribution in [2.24, 2.45) is 0 Å². The first kappa shape index (κ1) is 30.2. The summed E-state index contributed by atoms with van der Waals surface area (Å²) in [5.41, 5.74) is 5.21. The maximum Gasteiger partial charge on any atom is 0.414 e. The van der Waals surface area contributed by atoms with Crippen molar-refractivity contribution < 1.29 is 23.8 Å². The van der Waals surface area contributed by atoms with E-state index in [0.29, 0.717) is 19.7 Å². The molecule has 0 aliphatic carbocycles. The number of carbonyl (C=O) groups excluding carboxylic acids is 2. The normalized spacial score (nSPS) is 11.1. The number of benzene rings is 3. The summed E-state index contributed by atoms with van der Waals surface area (Å²) in [7, 11) is 0. The number of aromatic nitrogens is 2. The van der Waals surface area contributed by atoms with Crippen molar-refractivity contribution in [2.45, 2.75) is 66.5 Å². The molecular weight excluding hydrogens is 532 g/mol. The maximum absolute atomic E-state index is 12.5. The minimum absolute atomic E-state index is 0.208. The molecule has 9 nitrogen and oxygen atoms in total. The third-order valence-corrected chi connectivity index (χ3v) is 6.19. The predicted octanol–water partition coefficient (Wildman–Crippen LogP) is 6.44. The molecule has 0 bridgehead atoms. The van der Waals surface area contributed by atoms with Gasteiger partial charge < -0.3 is 24.8 Å². The van der Waals surface area contributed by atoms with Crippen LogP contribution in [0, 0.1) is 13.8 Å². The Morgan fingerprint density at radius 2 is 1.48 bits per heavy atom. The lowest BCUT2D eigenvalue weighted by Crippen LogP contribution is -2.32. The van der Waals surface area contributed by atoms with Crippen LogP contribution in [-0.4, -0.2) is 27.6 Å². The van der Waals surface area contributed by atoms with E-state index >= 15 is 0 Å². The number of amides is 2. The van der Waals surface area contributed by atoms with Gasteiger partial charge in [-0.15, -0.1) is 5.10 Å². The fraction of sp³-hybridized carbons (Fsp3) is 0.303. The van der Waals surface area contributed by atoms with Gasteiger partial charge in [-0.1, -0.05) is 72.3 Å². The van der Waals surface area contributed by atoms with Crippen LogP contribution < -0.4 is 20.1 Å². The summed E-state index contributed by atoms with van der Waals surface area (Å²) in [4.78, 5) is 24.5. The van der Waals surface area contributed by atoms with E-state index in [4.69, 9.17) is 14.2 Å². The maximum atomic E-state index is 12.5. The summed E-state index contributed by atoms with van der Waals surface area (Å²) in [5, 5.41) is 9.99. The first-order chi connectivity index (χ1) is 20.0. The van der Waals surface area contributed by atoms with Crippen LogP contribution in [0.2, 0.25) is 0 Å². The highest BCUT2D eigenvalue weighted by atomic mass is 16.6. The molecule has 4 rings (SSSR count). The van der Waals surface area contributed by atoms with Gasteiger partial charge in [-0.05, 0) is 57.4 Å². The Balaban J connectivity index is 1.31. The molecule has 3 aromatic carbocycles. The number of aryl methyl sites for hydroxylation is 2. The largest absolute Gasteiger partial charge is 0.489 e. The average molecular weight is 571 g/mol. The van der Waals surface area contributed by atoms with E-state index in [2.05, 4.69) is 21.8 Å². The topological polar surface area (TPSA) is 104 Å². The number of alkyl carbamates (subject to hydrolysis) is 1. The lowest BCUT2D eigenvalue weighted by atomic mass is 10.1. The van der Waals surface area contributed by atoms with E-state index in [9.17, 15) is 9.59 Å². The monoisotopic (exact) mass is 570 g/mol. The van der Waals surface area contributed by atoms with Crippen molar-refractivity contribution in [3.05, 3.63) is 112 Å². The molecule has 2 amide bonds. The summed E-state index contributed by atoms with van der Waals surface area (Å²) >= 11 is 0. The number of nitrogens with zero attached hydrogens (tertiary/aromatic N) is 2. The Kier molecular flexibility index (Phi) is 9.85. The van der Waals surface area contributed by atoms with Crippen LogP contribution in [0.4, 0.5) is 9.59 Å². The lowest BCUT2D eigenvalue weighted by Gasteiger charge is -2.19. The first-order valence-corrected chi connectivity index (χ1v) is 13.8. The molecule has 220 valence electrons. The van der Waals surface area contributed by atoms with Gasteiger partial charge in [-0.3, -0.25) is 4.68 Å². The molecular formula is C33H38N4O5. The molecule has 4 aromatic rings. The van der Waals surface area contributed by atoms with Gasteiger partial charge in [-0.2, -0.15) is 0 Å². The standard InChI is InChI=1S/C33H38N4O5/c1-23-14-15-29(40-22-25-10-7-6-8-11-25)28(16-23)21-37-24(2)17-30(36-37)41-31(38)34-19-26-12-9-13-27(18-26)20-35-32(39)42-33(3,4)5/h6-18H,19-22H2,1-5H3,(H,34,38)(H,35,39).